The van der Waals surface area contributed by atoms with Crippen LogP contribution in [-0.2, 0) is 6.18 Å². The molecule has 0 aromatic heterocycles. The largest absolute Gasteiger partial charge is 0.416 e. The van der Waals surface area contributed by atoms with Crippen molar-refractivity contribution in [3.05, 3.63) is 52.0 Å². The molecule has 2 N–H and O–H groups in total. The van der Waals surface area contributed by atoms with Gasteiger partial charge in [-0.05, 0) is 54.3 Å². The molecule has 0 amide bonds. The molecule has 0 aliphatic rings. The van der Waals surface area contributed by atoms with E-state index in [4.69, 9.17) is 17.3 Å². The molecule has 106 valence electrons. The Bertz CT molecular complexity index is 663. The molecule has 0 aliphatic carbocycles. The molecule has 0 fully saturated rings. The fourth-order valence-corrected chi connectivity index (χ4v) is 2.15. The maximum Gasteiger partial charge on any atom is 0.416 e. The van der Waals surface area contributed by atoms with E-state index in [1.54, 1.807) is 18.2 Å². The Morgan fingerprint density at radius 3 is 2.20 bits per heavy atom. The molecule has 0 bridgehead atoms. The molecule has 0 saturated heterocycles. The van der Waals surface area contributed by atoms with E-state index >= 15 is 0 Å². The fourth-order valence-electron chi connectivity index (χ4n) is 1.97. The summed E-state index contributed by atoms with van der Waals surface area (Å²) >= 11 is 6.01. The number of rotatable bonds is 1. The summed E-state index contributed by atoms with van der Waals surface area (Å²) in [7, 11) is 0. The van der Waals surface area contributed by atoms with Crippen molar-refractivity contribution in [2.45, 2.75) is 20.0 Å². The monoisotopic (exact) mass is 299 g/mol. The Kier molecular flexibility index (Phi) is 3.69. The van der Waals surface area contributed by atoms with Gasteiger partial charge >= 0.3 is 6.18 Å². The van der Waals surface area contributed by atoms with E-state index in [9.17, 15) is 13.2 Å². The molecular weight excluding hydrogens is 287 g/mol. The molecular formula is C15H13ClF3N. The first kappa shape index (κ1) is 14.7. The summed E-state index contributed by atoms with van der Waals surface area (Å²) < 4.78 is 39.0. The molecule has 0 aliphatic heterocycles. The van der Waals surface area contributed by atoms with Gasteiger partial charge in [-0.3, -0.25) is 0 Å². The molecule has 2 aromatic carbocycles. The lowest BCUT2D eigenvalue weighted by molar-refractivity contribution is -0.137. The minimum Gasteiger partial charge on any atom is -0.398 e. The van der Waals surface area contributed by atoms with Crippen LogP contribution in [0.2, 0.25) is 5.02 Å². The van der Waals surface area contributed by atoms with Crippen LogP contribution >= 0.6 is 11.6 Å². The Morgan fingerprint density at radius 2 is 1.65 bits per heavy atom. The van der Waals surface area contributed by atoms with Gasteiger partial charge in [-0.2, -0.15) is 13.2 Å². The maximum atomic E-state index is 13.0. The second kappa shape index (κ2) is 5.02. The van der Waals surface area contributed by atoms with Crippen LogP contribution in [0, 0.1) is 13.8 Å². The number of alkyl halides is 3. The van der Waals surface area contributed by atoms with Crippen molar-refractivity contribution in [2.24, 2.45) is 0 Å². The first-order chi connectivity index (χ1) is 9.20. The lowest BCUT2D eigenvalue weighted by atomic mass is 9.97. The molecule has 0 unspecified atom stereocenters. The van der Waals surface area contributed by atoms with E-state index in [0.29, 0.717) is 16.1 Å². The summed E-state index contributed by atoms with van der Waals surface area (Å²) in [6.07, 6.45) is -4.43. The SMILES string of the molecule is Cc1ccc(-c2cc(N)c(C)c(C(F)(F)F)c2)cc1Cl. The van der Waals surface area contributed by atoms with Crippen LogP contribution in [0.3, 0.4) is 0 Å². The van der Waals surface area contributed by atoms with Crippen LogP contribution in [0.15, 0.2) is 30.3 Å². The maximum absolute atomic E-state index is 13.0. The van der Waals surface area contributed by atoms with E-state index in [2.05, 4.69) is 0 Å². The van der Waals surface area contributed by atoms with Crippen molar-refractivity contribution in [3.63, 3.8) is 0 Å². The number of anilines is 1. The average molecular weight is 300 g/mol. The van der Waals surface area contributed by atoms with Crippen LogP contribution in [0.5, 0.6) is 0 Å². The van der Waals surface area contributed by atoms with Gasteiger partial charge in [-0.15, -0.1) is 0 Å². The highest BCUT2D eigenvalue weighted by molar-refractivity contribution is 6.31. The minimum absolute atomic E-state index is 0.0412. The zero-order valence-corrected chi connectivity index (χ0v) is 11.7. The molecule has 0 spiro atoms. The van der Waals surface area contributed by atoms with E-state index in [1.807, 2.05) is 6.92 Å². The normalized spacial score (nSPS) is 11.7. The van der Waals surface area contributed by atoms with Gasteiger partial charge in [0.15, 0.2) is 0 Å². The molecule has 1 nitrogen and oxygen atoms in total. The summed E-state index contributed by atoms with van der Waals surface area (Å²) in [5, 5.41) is 0.509. The van der Waals surface area contributed by atoms with Crippen molar-refractivity contribution in [3.8, 4) is 11.1 Å². The van der Waals surface area contributed by atoms with Gasteiger partial charge < -0.3 is 5.73 Å². The van der Waals surface area contributed by atoms with Crippen LogP contribution in [-0.4, -0.2) is 0 Å². The highest BCUT2D eigenvalue weighted by Gasteiger charge is 2.33. The highest BCUT2D eigenvalue weighted by Crippen LogP contribution is 2.37. The number of halogens is 4. The van der Waals surface area contributed by atoms with Crippen LogP contribution < -0.4 is 5.73 Å². The number of nitrogen functional groups attached to an aromatic ring is 1. The van der Waals surface area contributed by atoms with Crippen molar-refractivity contribution >= 4 is 17.3 Å². The zero-order chi connectivity index (χ0) is 15.1. The topological polar surface area (TPSA) is 26.0 Å². The quantitative estimate of drug-likeness (QED) is 0.717. The molecule has 2 aromatic rings. The van der Waals surface area contributed by atoms with E-state index in [-0.39, 0.29) is 11.3 Å². The van der Waals surface area contributed by atoms with Gasteiger partial charge in [-0.25, -0.2) is 0 Å². The van der Waals surface area contributed by atoms with Crippen molar-refractivity contribution in [1.82, 2.24) is 0 Å². The number of hydrogen-bond donors (Lipinski definition) is 1. The summed E-state index contributed by atoms with van der Waals surface area (Å²) in [4.78, 5) is 0. The summed E-state index contributed by atoms with van der Waals surface area (Å²) in [6, 6.07) is 7.77. The van der Waals surface area contributed by atoms with Gasteiger partial charge in [-0.1, -0.05) is 23.7 Å². The van der Waals surface area contributed by atoms with Crippen LogP contribution in [0.25, 0.3) is 11.1 Å². The lowest BCUT2D eigenvalue weighted by Crippen LogP contribution is -2.09. The van der Waals surface area contributed by atoms with Crippen molar-refractivity contribution in [2.75, 3.05) is 5.73 Å². The second-order valence-electron chi connectivity index (χ2n) is 4.70. The highest BCUT2D eigenvalue weighted by atomic mass is 35.5. The molecule has 0 radical (unpaired) electrons. The molecule has 0 saturated carbocycles. The van der Waals surface area contributed by atoms with E-state index < -0.39 is 11.7 Å². The number of hydrogen-bond acceptors (Lipinski definition) is 1. The number of benzene rings is 2. The first-order valence-electron chi connectivity index (χ1n) is 5.94. The molecule has 5 heteroatoms. The Morgan fingerprint density at radius 1 is 1.00 bits per heavy atom. The Hall–Kier alpha value is -1.68. The standard InChI is InChI=1S/C15H13ClF3N/c1-8-3-4-10(6-13(8)16)11-5-12(15(17,18)19)9(2)14(20)7-11/h3-7H,20H2,1-2H3. The van der Waals surface area contributed by atoms with Gasteiger partial charge in [0.05, 0.1) is 5.56 Å². The zero-order valence-electron chi connectivity index (χ0n) is 11.0. The van der Waals surface area contributed by atoms with Crippen LogP contribution in [0.4, 0.5) is 18.9 Å². The van der Waals surface area contributed by atoms with Crippen molar-refractivity contribution in [1.29, 1.82) is 0 Å². The minimum atomic E-state index is -4.43. The number of nitrogens with two attached hydrogens (primary N) is 1. The predicted octanol–water partition coefficient (Wildman–Crippen LogP) is 5.22. The lowest BCUT2D eigenvalue weighted by Gasteiger charge is -2.15. The van der Waals surface area contributed by atoms with Crippen molar-refractivity contribution < 1.29 is 13.2 Å². The smallest absolute Gasteiger partial charge is 0.398 e. The summed E-state index contributed by atoms with van der Waals surface area (Å²) in [5.41, 5.74) is 7.01. The fraction of sp³-hybridized carbons (Fsp3) is 0.200. The summed E-state index contributed by atoms with van der Waals surface area (Å²) in [6.45, 7) is 3.20. The third kappa shape index (κ3) is 2.75. The second-order valence-corrected chi connectivity index (χ2v) is 5.11. The third-order valence-corrected chi connectivity index (χ3v) is 3.67. The van der Waals surface area contributed by atoms with Gasteiger partial charge in [0, 0.05) is 10.7 Å². The van der Waals surface area contributed by atoms with E-state index in [1.165, 1.54) is 13.0 Å². The predicted molar refractivity (Wildman–Crippen MR) is 75.8 cm³/mol. The summed E-state index contributed by atoms with van der Waals surface area (Å²) in [5.74, 6) is 0. The van der Waals surface area contributed by atoms with Crippen LogP contribution in [0.1, 0.15) is 16.7 Å². The van der Waals surface area contributed by atoms with Gasteiger partial charge in [0.25, 0.3) is 0 Å². The number of aryl methyl sites for hydroxylation is 1. The Balaban J connectivity index is 2.63. The Labute approximate surface area is 120 Å². The van der Waals surface area contributed by atoms with Gasteiger partial charge in [0.1, 0.15) is 0 Å². The average Bonchev–Trinajstić information content (AvgIpc) is 2.34. The molecule has 2 rings (SSSR count). The molecule has 20 heavy (non-hydrogen) atoms. The van der Waals surface area contributed by atoms with E-state index in [0.717, 1.165) is 11.6 Å². The molecule has 0 atom stereocenters. The first-order valence-corrected chi connectivity index (χ1v) is 6.32. The molecule has 0 heterocycles. The van der Waals surface area contributed by atoms with Gasteiger partial charge in [0.2, 0.25) is 0 Å². The third-order valence-electron chi connectivity index (χ3n) is 3.26.